The van der Waals surface area contributed by atoms with Crippen LogP contribution in [0.5, 0.6) is 0 Å². The summed E-state index contributed by atoms with van der Waals surface area (Å²) in [4.78, 5) is 26.5. The molecule has 0 radical (unpaired) electrons. The molecule has 2 amide bonds. The number of amides is 2. The normalized spacial score (nSPS) is 18.2. The van der Waals surface area contributed by atoms with Gasteiger partial charge < -0.3 is 4.90 Å². The van der Waals surface area contributed by atoms with Gasteiger partial charge in [0, 0.05) is 10.9 Å². The highest BCUT2D eigenvalue weighted by Gasteiger charge is 2.41. The first-order chi connectivity index (χ1) is 12.1. The number of thioether (sulfide) groups is 1. The quantitative estimate of drug-likeness (QED) is 0.575. The summed E-state index contributed by atoms with van der Waals surface area (Å²) in [5.74, 6) is -0.400. The zero-order valence-electron chi connectivity index (χ0n) is 13.3. The molecule has 0 aliphatic carbocycles. The van der Waals surface area contributed by atoms with Gasteiger partial charge in [-0.15, -0.1) is 11.8 Å². The fourth-order valence-corrected chi connectivity index (χ4v) is 4.83. The van der Waals surface area contributed by atoms with Gasteiger partial charge in [0.1, 0.15) is 11.4 Å². The van der Waals surface area contributed by atoms with Crippen LogP contribution < -0.4 is 5.48 Å². The highest BCUT2D eigenvalue weighted by atomic mass is 79.9. The first-order valence-corrected chi connectivity index (χ1v) is 9.61. The van der Waals surface area contributed by atoms with E-state index in [0.717, 1.165) is 15.6 Å². The molecule has 130 valence electrons. The molecule has 0 bridgehead atoms. The largest absolute Gasteiger partial charge is 0.313 e. The van der Waals surface area contributed by atoms with Gasteiger partial charge in [-0.05, 0) is 17.2 Å². The fourth-order valence-electron chi connectivity index (χ4n) is 2.92. The van der Waals surface area contributed by atoms with Crippen molar-refractivity contribution in [3.8, 4) is 0 Å². The van der Waals surface area contributed by atoms with E-state index >= 15 is 0 Å². The molecule has 7 heteroatoms. The summed E-state index contributed by atoms with van der Waals surface area (Å²) in [5, 5.41) is 8.90. The number of hydroxylamine groups is 1. The van der Waals surface area contributed by atoms with Crippen LogP contribution >= 0.6 is 27.7 Å². The van der Waals surface area contributed by atoms with Crippen molar-refractivity contribution < 1.29 is 14.8 Å². The van der Waals surface area contributed by atoms with E-state index in [1.165, 1.54) is 11.8 Å². The van der Waals surface area contributed by atoms with E-state index in [1.807, 2.05) is 54.6 Å². The van der Waals surface area contributed by atoms with Crippen molar-refractivity contribution in [1.82, 2.24) is 10.4 Å². The zero-order valence-corrected chi connectivity index (χ0v) is 15.7. The number of halogens is 1. The Morgan fingerprint density at radius 2 is 1.92 bits per heavy atom. The minimum absolute atomic E-state index is 0.115. The highest BCUT2D eigenvalue weighted by Crippen LogP contribution is 2.43. The lowest BCUT2D eigenvalue weighted by atomic mass is 10.0. The van der Waals surface area contributed by atoms with Crippen LogP contribution in [0.4, 0.5) is 0 Å². The maximum atomic E-state index is 12.5. The van der Waals surface area contributed by atoms with Crippen LogP contribution in [0, 0.1) is 0 Å². The van der Waals surface area contributed by atoms with Crippen LogP contribution in [0.2, 0.25) is 0 Å². The first kappa shape index (κ1) is 18.0. The molecule has 25 heavy (non-hydrogen) atoms. The van der Waals surface area contributed by atoms with Crippen molar-refractivity contribution in [3.63, 3.8) is 0 Å². The molecule has 0 saturated carbocycles. The van der Waals surface area contributed by atoms with Gasteiger partial charge in [-0.2, -0.15) is 0 Å². The molecule has 1 aliphatic rings. The number of carbonyl (C=O) groups excluding carboxylic acids is 2. The number of hydrogen-bond donors (Lipinski definition) is 2. The van der Waals surface area contributed by atoms with Crippen LogP contribution in [0.1, 0.15) is 16.5 Å². The summed E-state index contributed by atoms with van der Waals surface area (Å²) in [6.45, 7) is 0. The maximum absolute atomic E-state index is 12.5. The van der Waals surface area contributed by atoms with Gasteiger partial charge in [0.2, 0.25) is 5.91 Å². The standard InChI is InChI=1S/C18H17BrN2O3S/c19-14-9-5-4-8-13(14)18-21(16(22)11-25-18)15(17(23)20-24)10-12-6-2-1-3-7-12/h1-9,15,18,24H,10-11H2,(H,20,23). The van der Waals surface area contributed by atoms with Crippen molar-refractivity contribution in [2.75, 3.05) is 5.75 Å². The third kappa shape index (κ3) is 3.89. The number of nitrogens with one attached hydrogen (secondary N) is 1. The zero-order chi connectivity index (χ0) is 17.8. The second-order valence-electron chi connectivity index (χ2n) is 5.67. The van der Waals surface area contributed by atoms with Gasteiger partial charge in [0.15, 0.2) is 0 Å². The van der Waals surface area contributed by atoms with Gasteiger partial charge in [0.25, 0.3) is 5.91 Å². The second-order valence-corrected chi connectivity index (χ2v) is 7.59. The lowest BCUT2D eigenvalue weighted by molar-refractivity contribution is -0.143. The average molecular weight is 421 g/mol. The predicted molar refractivity (Wildman–Crippen MR) is 100 cm³/mol. The Morgan fingerprint density at radius 1 is 1.24 bits per heavy atom. The van der Waals surface area contributed by atoms with Crippen molar-refractivity contribution in [1.29, 1.82) is 0 Å². The first-order valence-electron chi connectivity index (χ1n) is 7.77. The van der Waals surface area contributed by atoms with E-state index in [0.29, 0.717) is 12.2 Å². The van der Waals surface area contributed by atoms with E-state index in [1.54, 1.807) is 10.4 Å². The van der Waals surface area contributed by atoms with Crippen molar-refractivity contribution in [3.05, 3.63) is 70.2 Å². The van der Waals surface area contributed by atoms with Crippen molar-refractivity contribution in [2.24, 2.45) is 0 Å². The van der Waals surface area contributed by atoms with Gasteiger partial charge in [0.05, 0.1) is 5.75 Å². The molecule has 2 unspecified atom stereocenters. The molecular formula is C18H17BrN2O3S. The molecule has 1 fully saturated rings. The summed E-state index contributed by atoms with van der Waals surface area (Å²) < 4.78 is 0.884. The number of carbonyl (C=O) groups is 2. The molecule has 2 atom stereocenters. The van der Waals surface area contributed by atoms with Gasteiger partial charge in [-0.3, -0.25) is 14.8 Å². The molecule has 1 aliphatic heterocycles. The number of benzene rings is 2. The van der Waals surface area contributed by atoms with Crippen LogP contribution in [0.15, 0.2) is 59.1 Å². The Morgan fingerprint density at radius 3 is 2.60 bits per heavy atom. The number of hydrogen-bond acceptors (Lipinski definition) is 4. The van der Waals surface area contributed by atoms with Crippen molar-refractivity contribution in [2.45, 2.75) is 17.8 Å². The molecule has 2 aromatic carbocycles. The van der Waals surface area contributed by atoms with E-state index in [-0.39, 0.29) is 11.3 Å². The monoisotopic (exact) mass is 420 g/mol. The molecule has 2 aromatic rings. The SMILES string of the molecule is O=C(NO)C(Cc1ccccc1)N1C(=O)CSC1c1ccccc1Br. The average Bonchev–Trinajstić information content (AvgIpc) is 3.01. The number of nitrogens with zero attached hydrogens (tertiary/aromatic N) is 1. The number of rotatable bonds is 5. The summed E-state index contributed by atoms with van der Waals surface area (Å²) in [7, 11) is 0. The third-order valence-corrected chi connectivity index (χ3v) is 6.03. The Kier molecular flexibility index (Phi) is 5.78. The molecule has 0 aromatic heterocycles. The maximum Gasteiger partial charge on any atom is 0.266 e. The predicted octanol–water partition coefficient (Wildman–Crippen LogP) is 3.14. The molecule has 1 heterocycles. The van der Waals surface area contributed by atoms with Crippen molar-refractivity contribution >= 4 is 39.5 Å². The highest BCUT2D eigenvalue weighted by molar-refractivity contribution is 9.10. The van der Waals surface area contributed by atoms with E-state index in [2.05, 4.69) is 15.9 Å². The summed E-state index contributed by atoms with van der Waals surface area (Å²) >= 11 is 5.00. The molecule has 3 rings (SSSR count). The minimum Gasteiger partial charge on any atom is -0.313 e. The second kappa shape index (κ2) is 8.03. The topological polar surface area (TPSA) is 69.6 Å². The lowest BCUT2D eigenvalue weighted by Crippen LogP contribution is -2.49. The van der Waals surface area contributed by atoms with Gasteiger partial charge >= 0.3 is 0 Å². The molecule has 5 nitrogen and oxygen atoms in total. The Labute approximate surface area is 158 Å². The molecule has 2 N–H and O–H groups in total. The van der Waals surface area contributed by atoms with Gasteiger partial charge in [-0.1, -0.05) is 64.5 Å². The summed E-state index contributed by atoms with van der Waals surface area (Å²) in [6, 6.07) is 16.3. The van der Waals surface area contributed by atoms with Crippen LogP contribution in [-0.4, -0.2) is 33.7 Å². The Balaban J connectivity index is 1.96. The van der Waals surface area contributed by atoms with Crippen LogP contribution in [-0.2, 0) is 16.0 Å². The molecular weight excluding hydrogens is 404 g/mol. The van der Waals surface area contributed by atoms with Gasteiger partial charge in [-0.25, -0.2) is 5.48 Å². The van der Waals surface area contributed by atoms with E-state index in [4.69, 9.17) is 0 Å². The smallest absolute Gasteiger partial charge is 0.266 e. The minimum atomic E-state index is -0.785. The molecule has 1 saturated heterocycles. The third-order valence-electron chi connectivity index (χ3n) is 4.10. The van der Waals surface area contributed by atoms with E-state index in [9.17, 15) is 14.8 Å². The fraction of sp³-hybridized carbons (Fsp3) is 0.222. The Hall–Kier alpha value is -1.83. The van der Waals surface area contributed by atoms with E-state index < -0.39 is 11.9 Å². The summed E-state index contributed by atoms with van der Waals surface area (Å²) in [5.41, 5.74) is 3.57. The van der Waals surface area contributed by atoms with Crippen LogP contribution in [0.25, 0.3) is 0 Å². The lowest BCUT2D eigenvalue weighted by Gasteiger charge is -2.32. The summed E-state index contributed by atoms with van der Waals surface area (Å²) in [6.07, 6.45) is 0.334. The molecule has 0 spiro atoms. The van der Waals surface area contributed by atoms with Crippen LogP contribution in [0.3, 0.4) is 0 Å². The Bertz CT molecular complexity index is 772.